The second-order valence-corrected chi connectivity index (χ2v) is 4.00. The Kier molecular flexibility index (Phi) is 4.08. The summed E-state index contributed by atoms with van der Waals surface area (Å²) in [6.07, 6.45) is 0. The van der Waals surface area contributed by atoms with Crippen LogP contribution in [-0.4, -0.2) is 18.4 Å². The molecule has 0 bridgehead atoms. The zero-order valence-electron chi connectivity index (χ0n) is 10.6. The van der Waals surface area contributed by atoms with Crippen LogP contribution in [0.5, 0.6) is 0 Å². The molecule has 0 atom stereocenters. The molecular weight excluding hydrogens is 240 g/mol. The van der Waals surface area contributed by atoms with E-state index in [0.717, 1.165) is 0 Å². The van der Waals surface area contributed by atoms with Gasteiger partial charge in [-0.2, -0.15) is 0 Å². The van der Waals surface area contributed by atoms with Gasteiger partial charge in [0, 0.05) is 11.1 Å². The molecule has 3 heteroatoms. The van der Waals surface area contributed by atoms with Crippen molar-refractivity contribution in [3.63, 3.8) is 0 Å². The minimum absolute atomic E-state index is 0.105. The summed E-state index contributed by atoms with van der Waals surface area (Å²) in [5, 5.41) is 0. The van der Waals surface area contributed by atoms with Gasteiger partial charge < -0.3 is 4.74 Å². The lowest BCUT2D eigenvalue weighted by Gasteiger charge is -2.04. The van der Waals surface area contributed by atoms with Crippen molar-refractivity contribution in [2.24, 2.45) is 0 Å². The van der Waals surface area contributed by atoms with Gasteiger partial charge in [0.05, 0.1) is 12.2 Å². The molecule has 0 amide bonds. The highest BCUT2D eigenvalue weighted by molar-refractivity contribution is 6.09. The van der Waals surface area contributed by atoms with Crippen LogP contribution in [0.1, 0.15) is 33.2 Å². The highest BCUT2D eigenvalue weighted by Gasteiger charge is 2.12. The summed E-state index contributed by atoms with van der Waals surface area (Å²) in [5.74, 6) is -0.517. The van der Waals surface area contributed by atoms with E-state index in [1.807, 2.05) is 18.2 Å². The molecule has 0 heterocycles. The first-order chi connectivity index (χ1) is 9.22. The van der Waals surface area contributed by atoms with Crippen LogP contribution in [0, 0.1) is 0 Å². The first-order valence-electron chi connectivity index (χ1n) is 6.09. The molecule has 0 saturated heterocycles. The van der Waals surface area contributed by atoms with Crippen molar-refractivity contribution >= 4 is 11.8 Å². The first kappa shape index (κ1) is 13.0. The molecule has 0 unspecified atom stereocenters. The van der Waals surface area contributed by atoms with Crippen molar-refractivity contribution in [2.75, 3.05) is 6.61 Å². The number of benzene rings is 2. The summed E-state index contributed by atoms with van der Waals surface area (Å²) in [7, 11) is 0. The first-order valence-corrected chi connectivity index (χ1v) is 6.09. The van der Waals surface area contributed by atoms with Crippen LogP contribution in [0.2, 0.25) is 0 Å². The molecule has 0 N–H and O–H groups in total. The number of hydrogen-bond donors (Lipinski definition) is 0. The minimum atomic E-state index is -0.412. The number of hydrogen-bond acceptors (Lipinski definition) is 3. The van der Waals surface area contributed by atoms with E-state index in [4.69, 9.17) is 4.74 Å². The quantitative estimate of drug-likeness (QED) is 0.622. The Bertz CT molecular complexity index is 588. The maximum absolute atomic E-state index is 12.2. The van der Waals surface area contributed by atoms with Crippen molar-refractivity contribution in [3.8, 4) is 0 Å². The van der Waals surface area contributed by atoms with Crippen LogP contribution in [0.4, 0.5) is 0 Å². The van der Waals surface area contributed by atoms with Crippen LogP contribution >= 0.6 is 0 Å². The molecule has 0 spiro atoms. The summed E-state index contributed by atoms with van der Waals surface area (Å²) in [6, 6.07) is 15.5. The predicted octanol–water partition coefficient (Wildman–Crippen LogP) is 3.09. The Morgan fingerprint density at radius 2 is 1.53 bits per heavy atom. The number of carbonyl (C=O) groups is 2. The molecule has 96 valence electrons. The van der Waals surface area contributed by atoms with E-state index in [-0.39, 0.29) is 5.78 Å². The number of esters is 1. The number of rotatable bonds is 4. The Morgan fingerprint density at radius 3 is 2.21 bits per heavy atom. The molecule has 0 fully saturated rings. The minimum Gasteiger partial charge on any atom is -0.462 e. The van der Waals surface area contributed by atoms with E-state index in [1.165, 1.54) is 0 Å². The van der Waals surface area contributed by atoms with Crippen LogP contribution in [0.3, 0.4) is 0 Å². The van der Waals surface area contributed by atoms with Gasteiger partial charge in [-0.25, -0.2) is 4.79 Å². The van der Waals surface area contributed by atoms with Gasteiger partial charge in [-0.1, -0.05) is 42.5 Å². The molecule has 0 saturated carbocycles. The van der Waals surface area contributed by atoms with Gasteiger partial charge >= 0.3 is 5.97 Å². The standard InChI is InChI=1S/C16H14O3/c1-2-19-16(18)14-10-6-9-13(11-14)15(17)12-7-4-3-5-8-12/h3-11H,2H2,1H3. The largest absolute Gasteiger partial charge is 0.462 e. The third-order valence-electron chi connectivity index (χ3n) is 2.67. The molecule has 2 aromatic rings. The van der Waals surface area contributed by atoms with Crippen molar-refractivity contribution in [1.82, 2.24) is 0 Å². The molecule has 19 heavy (non-hydrogen) atoms. The van der Waals surface area contributed by atoms with E-state index in [9.17, 15) is 9.59 Å². The van der Waals surface area contributed by atoms with Gasteiger partial charge in [-0.3, -0.25) is 4.79 Å². The van der Waals surface area contributed by atoms with Gasteiger partial charge in [-0.05, 0) is 19.1 Å². The molecule has 2 rings (SSSR count). The highest BCUT2D eigenvalue weighted by atomic mass is 16.5. The maximum Gasteiger partial charge on any atom is 0.338 e. The van der Waals surface area contributed by atoms with Crippen LogP contribution in [0.15, 0.2) is 54.6 Å². The molecule has 0 aliphatic rings. The summed E-state index contributed by atoms with van der Waals surface area (Å²) >= 11 is 0. The molecule has 0 aromatic heterocycles. The van der Waals surface area contributed by atoms with Gasteiger partial charge in [0.1, 0.15) is 0 Å². The summed E-state index contributed by atoms with van der Waals surface area (Å²) in [4.78, 5) is 23.8. The highest BCUT2D eigenvalue weighted by Crippen LogP contribution is 2.12. The third kappa shape index (κ3) is 3.07. The number of ketones is 1. The van der Waals surface area contributed by atoms with E-state index in [2.05, 4.69) is 0 Å². The molecule has 2 aromatic carbocycles. The normalized spacial score (nSPS) is 9.95. The Balaban J connectivity index is 2.29. The maximum atomic E-state index is 12.2. The van der Waals surface area contributed by atoms with E-state index in [0.29, 0.717) is 23.3 Å². The monoisotopic (exact) mass is 254 g/mol. The number of carbonyl (C=O) groups excluding carboxylic acids is 2. The zero-order chi connectivity index (χ0) is 13.7. The topological polar surface area (TPSA) is 43.4 Å². The predicted molar refractivity (Wildman–Crippen MR) is 72.3 cm³/mol. The molecule has 0 aliphatic carbocycles. The van der Waals surface area contributed by atoms with E-state index in [1.54, 1.807) is 43.3 Å². The van der Waals surface area contributed by atoms with Gasteiger partial charge in [0.2, 0.25) is 0 Å². The zero-order valence-corrected chi connectivity index (χ0v) is 10.6. The van der Waals surface area contributed by atoms with Crippen LogP contribution in [0.25, 0.3) is 0 Å². The number of ether oxygens (including phenoxy) is 1. The second-order valence-electron chi connectivity index (χ2n) is 4.00. The van der Waals surface area contributed by atoms with E-state index < -0.39 is 5.97 Å². The van der Waals surface area contributed by atoms with Crippen molar-refractivity contribution in [2.45, 2.75) is 6.92 Å². The third-order valence-corrected chi connectivity index (χ3v) is 2.67. The van der Waals surface area contributed by atoms with Crippen molar-refractivity contribution in [1.29, 1.82) is 0 Å². The summed E-state index contributed by atoms with van der Waals surface area (Å²) in [6.45, 7) is 2.06. The SMILES string of the molecule is CCOC(=O)c1cccc(C(=O)c2ccccc2)c1. The molecule has 3 nitrogen and oxygen atoms in total. The van der Waals surface area contributed by atoms with Gasteiger partial charge in [0.15, 0.2) is 5.78 Å². The fraction of sp³-hybridized carbons (Fsp3) is 0.125. The smallest absolute Gasteiger partial charge is 0.338 e. The van der Waals surface area contributed by atoms with Crippen LogP contribution in [-0.2, 0) is 4.74 Å². The molecule has 0 radical (unpaired) electrons. The van der Waals surface area contributed by atoms with Gasteiger partial charge in [-0.15, -0.1) is 0 Å². The fourth-order valence-electron chi connectivity index (χ4n) is 1.76. The Labute approximate surface area is 111 Å². The van der Waals surface area contributed by atoms with Gasteiger partial charge in [0.25, 0.3) is 0 Å². The van der Waals surface area contributed by atoms with Crippen molar-refractivity contribution in [3.05, 3.63) is 71.3 Å². The van der Waals surface area contributed by atoms with Crippen molar-refractivity contribution < 1.29 is 14.3 Å². The summed E-state index contributed by atoms with van der Waals surface area (Å²) in [5.41, 5.74) is 1.48. The second kappa shape index (κ2) is 5.96. The average Bonchev–Trinajstić information content (AvgIpc) is 2.48. The Hall–Kier alpha value is -2.42. The summed E-state index contributed by atoms with van der Waals surface area (Å²) < 4.78 is 4.92. The van der Waals surface area contributed by atoms with E-state index >= 15 is 0 Å². The average molecular weight is 254 g/mol. The lowest BCUT2D eigenvalue weighted by Crippen LogP contribution is -2.07. The fourth-order valence-corrected chi connectivity index (χ4v) is 1.76. The molecular formula is C16H14O3. The van der Waals surface area contributed by atoms with Crippen LogP contribution < -0.4 is 0 Å². The Morgan fingerprint density at radius 1 is 0.895 bits per heavy atom. The molecule has 0 aliphatic heterocycles. The lowest BCUT2D eigenvalue weighted by molar-refractivity contribution is 0.0526. The lowest BCUT2D eigenvalue weighted by atomic mass is 10.0.